The molecule has 2 rings (SSSR count). The lowest BCUT2D eigenvalue weighted by atomic mass is 10.0. The van der Waals surface area contributed by atoms with Gasteiger partial charge < -0.3 is 4.90 Å². The zero-order valence-corrected chi connectivity index (χ0v) is 11.8. The minimum absolute atomic E-state index is 0.118. The maximum absolute atomic E-state index is 13.7. The summed E-state index contributed by atoms with van der Waals surface area (Å²) in [6.45, 7) is 9.41. The summed E-state index contributed by atoms with van der Waals surface area (Å²) in [5, 5.41) is 0. The van der Waals surface area contributed by atoms with Crippen molar-refractivity contribution in [3.05, 3.63) is 29.3 Å². The van der Waals surface area contributed by atoms with E-state index in [-0.39, 0.29) is 11.5 Å². The van der Waals surface area contributed by atoms with E-state index in [1.165, 1.54) is 12.1 Å². The van der Waals surface area contributed by atoms with Gasteiger partial charge in [-0.15, -0.1) is 0 Å². The van der Waals surface area contributed by atoms with Crippen molar-refractivity contribution in [1.29, 1.82) is 0 Å². The summed E-state index contributed by atoms with van der Waals surface area (Å²) >= 11 is 0. The molecule has 0 aliphatic carbocycles. The zero-order valence-electron chi connectivity index (χ0n) is 11.8. The molecule has 1 saturated heterocycles. The Morgan fingerprint density at radius 1 is 1.00 bits per heavy atom. The average Bonchev–Trinajstić information content (AvgIpc) is 2.83. The molecule has 102 valence electrons. The van der Waals surface area contributed by atoms with Gasteiger partial charge in [0.1, 0.15) is 11.6 Å². The second-order valence-corrected chi connectivity index (χ2v) is 4.67. The molecule has 1 aromatic rings. The van der Waals surface area contributed by atoms with E-state index in [0.717, 1.165) is 25.9 Å². The van der Waals surface area contributed by atoms with Gasteiger partial charge in [-0.05, 0) is 30.9 Å². The second kappa shape index (κ2) is 6.72. The van der Waals surface area contributed by atoms with Crippen LogP contribution in [-0.2, 0) is 0 Å². The molecular weight excluding hydrogens is 232 g/mol. The molecule has 18 heavy (non-hydrogen) atoms. The Morgan fingerprint density at radius 2 is 1.44 bits per heavy atom. The Kier molecular flexibility index (Phi) is 5.57. The van der Waals surface area contributed by atoms with E-state index in [0.29, 0.717) is 5.69 Å². The molecule has 0 aromatic heterocycles. The first-order valence-electron chi connectivity index (χ1n) is 6.83. The van der Waals surface area contributed by atoms with Crippen LogP contribution in [0.25, 0.3) is 0 Å². The van der Waals surface area contributed by atoms with Crippen LogP contribution in [0, 0.1) is 11.6 Å². The lowest BCUT2D eigenvalue weighted by Crippen LogP contribution is -2.18. The molecule has 1 fully saturated rings. The molecule has 1 aliphatic heterocycles. The van der Waals surface area contributed by atoms with Gasteiger partial charge in [0.2, 0.25) is 0 Å². The first-order chi connectivity index (χ1) is 8.59. The Bertz CT molecular complexity index is 359. The van der Waals surface area contributed by atoms with E-state index in [1.54, 1.807) is 13.8 Å². The van der Waals surface area contributed by atoms with Gasteiger partial charge in [0.15, 0.2) is 0 Å². The minimum atomic E-state index is -0.420. The van der Waals surface area contributed by atoms with Crippen molar-refractivity contribution in [2.24, 2.45) is 0 Å². The molecule has 1 aliphatic rings. The van der Waals surface area contributed by atoms with Crippen LogP contribution in [0.5, 0.6) is 0 Å². The van der Waals surface area contributed by atoms with Crippen LogP contribution in [0.2, 0.25) is 0 Å². The van der Waals surface area contributed by atoms with Crippen molar-refractivity contribution in [3.8, 4) is 0 Å². The van der Waals surface area contributed by atoms with E-state index >= 15 is 0 Å². The Labute approximate surface area is 109 Å². The van der Waals surface area contributed by atoms with Crippen LogP contribution in [0.15, 0.2) is 12.1 Å². The average molecular weight is 255 g/mol. The van der Waals surface area contributed by atoms with Crippen molar-refractivity contribution in [3.63, 3.8) is 0 Å². The van der Waals surface area contributed by atoms with Gasteiger partial charge in [-0.1, -0.05) is 27.7 Å². The molecule has 1 aromatic carbocycles. The van der Waals surface area contributed by atoms with Crippen LogP contribution in [0.4, 0.5) is 14.5 Å². The largest absolute Gasteiger partial charge is 0.371 e. The quantitative estimate of drug-likeness (QED) is 0.739. The molecule has 0 atom stereocenters. The predicted molar refractivity (Wildman–Crippen MR) is 73.2 cm³/mol. The van der Waals surface area contributed by atoms with Crippen molar-refractivity contribution >= 4 is 5.69 Å². The standard InChI is InChI=1S/C13H17F2N.C2H6/c1-9(2)13-11(14)7-10(8-12(13)15)16-5-3-4-6-16;1-2/h7-9H,3-6H2,1-2H3;1-2H3. The highest BCUT2D eigenvalue weighted by atomic mass is 19.1. The molecule has 0 amide bonds. The highest BCUT2D eigenvalue weighted by Gasteiger charge is 2.18. The van der Waals surface area contributed by atoms with Crippen molar-refractivity contribution in [2.45, 2.75) is 46.5 Å². The molecule has 0 saturated carbocycles. The summed E-state index contributed by atoms with van der Waals surface area (Å²) in [5.41, 5.74) is 0.875. The topological polar surface area (TPSA) is 3.24 Å². The molecule has 0 radical (unpaired) electrons. The molecule has 0 N–H and O–H groups in total. The van der Waals surface area contributed by atoms with Gasteiger partial charge in [-0.25, -0.2) is 8.78 Å². The molecule has 3 heteroatoms. The summed E-state index contributed by atoms with van der Waals surface area (Å²) in [6, 6.07) is 2.92. The van der Waals surface area contributed by atoms with Crippen molar-refractivity contribution in [1.82, 2.24) is 0 Å². The maximum atomic E-state index is 13.7. The molecule has 0 bridgehead atoms. The highest BCUT2D eigenvalue weighted by molar-refractivity contribution is 5.50. The lowest BCUT2D eigenvalue weighted by molar-refractivity contribution is 0.541. The Morgan fingerprint density at radius 3 is 1.83 bits per heavy atom. The van der Waals surface area contributed by atoms with Gasteiger partial charge in [0.25, 0.3) is 0 Å². The Hall–Kier alpha value is -1.12. The van der Waals surface area contributed by atoms with Gasteiger partial charge in [-0.3, -0.25) is 0 Å². The monoisotopic (exact) mass is 255 g/mol. The number of nitrogens with zero attached hydrogens (tertiary/aromatic N) is 1. The Balaban J connectivity index is 0.000000771. The van der Waals surface area contributed by atoms with Crippen LogP contribution >= 0.6 is 0 Å². The van der Waals surface area contributed by atoms with E-state index in [2.05, 4.69) is 0 Å². The first-order valence-corrected chi connectivity index (χ1v) is 6.83. The fourth-order valence-electron chi connectivity index (χ4n) is 2.28. The van der Waals surface area contributed by atoms with Crippen LogP contribution in [0.3, 0.4) is 0 Å². The number of hydrogen-bond donors (Lipinski definition) is 0. The number of rotatable bonds is 2. The number of benzene rings is 1. The summed E-state index contributed by atoms with van der Waals surface area (Å²) < 4.78 is 27.5. The molecule has 0 spiro atoms. The van der Waals surface area contributed by atoms with E-state index < -0.39 is 11.6 Å². The van der Waals surface area contributed by atoms with Gasteiger partial charge in [0, 0.05) is 24.3 Å². The SMILES string of the molecule is CC.CC(C)c1c(F)cc(N2CCCC2)cc1F. The summed E-state index contributed by atoms with van der Waals surface area (Å²) in [7, 11) is 0. The number of hydrogen-bond acceptors (Lipinski definition) is 1. The maximum Gasteiger partial charge on any atom is 0.131 e. The zero-order chi connectivity index (χ0) is 13.7. The van der Waals surface area contributed by atoms with Crippen molar-refractivity contribution in [2.75, 3.05) is 18.0 Å². The highest BCUT2D eigenvalue weighted by Crippen LogP contribution is 2.28. The second-order valence-electron chi connectivity index (χ2n) is 4.67. The predicted octanol–water partition coefficient (Wildman–Crippen LogP) is 4.71. The third-order valence-electron chi connectivity index (χ3n) is 3.11. The smallest absolute Gasteiger partial charge is 0.131 e. The van der Waals surface area contributed by atoms with E-state index in [1.807, 2.05) is 18.7 Å². The van der Waals surface area contributed by atoms with Crippen LogP contribution in [-0.4, -0.2) is 13.1 Å². The molecule has 1 nitrogen and oxygen atoms in total. The van der Waals surface area contributed by atoms with Gasteiger partial charge >= 0.3 is 0 Å². The first kappa shape index (κ1) is 14.9. The van der Waals surface area contributed by atoms with Crippen LogP contribution < -0.4 is 4.90 Å². The molecule has 0 unspecified atom stereocenters. The third kappa shape index (κ3) is 3.21. The molecule has 1 heterocycles. The third-order valence-corrected chi connectivity index (χ3v) is 3.11. The number of anilines is 1. The minimum Gasteiger partial charge on any atom is -0.371 e. The van der Waals surface area contributed by atoms with Gasteiger partial charge in [-0.2, -0.15) is 0 Å². The lowest BCUT2D eigenvalue weighted by Gasteiger charge is -2.19. The normalized spacial score (nSPS) is 14.7. The van der Waals surface area contributed by atoms with E-state index in [4.69, 9.17) is 0 Å². The summed E-state index contributed by atoms with van der Waals surface area (Å²) in [4.78, 5) is 2.04. The van der Waals surface area contributed by atoms with E-state index in [9.17, 15) is 8.78 Å². The fraction of sp³-hybridized carbons (Fsp3) is 0.600. The van der Waals surface area contributed by atoms with Crippen molar-refractivity contribution < 1.29 is 8.78 Å². The number of halogens is 2. The van der Waals surface area contributed by atoms with Crippen LogP contribution in [0.1, 0.15) is 52.0 Å². The molecular formula is C15H23F2N. The van der Waals surface area contributed by atoms with Gasteiger partial charge in [0.05, 0.1) is 0 Å². The summed E-state index contributed by atoms with van der Waals surface area (Å²) in [5.74, 6) is -0.957. The fourth-order valence-corrected chi connectivity index (χ4v) is 2.28. The summed E-state index contributed by atoms with van der Waals surface area (Å²) in [6.07, 6.45) is 2.21.